The Hall–Kier alpha value is -1.61. The van der Waals surface area contributed by atoms with Crippen LogP contribution in [-0.2, 0) is 21.4 Å². The zero-order valence-electron chi connectivity index (χ0n) is 15.5. The molecule has 1 heterocycles. The molecule has 6 nitrogen and oxygen atoms in total. The van der Waals surface area contributed by atoms with Crippen LogP contribution in [0.4, 0.5) is 0 Å². The maximum atomic E-state index is 12.7. The minimum Gasteiger partial charge on any atom is -0.598 e. The van der Waals surface area contributed by atoms with Crippen molar-refractivity contribution in [1.82, 2.24) is 13.9 Å². The molecule has 0 aliphatic rings. The zero-order chi connectivity index (χ0) is 19.5. The summed E-state index contributed by atoms with van der Waals surface area (Å²) in [5.41, 5.74) is 1.48. The Kier molecular flexibility index (Phi) is 6.33. The molecular weight excluding hydrogens is 370 g/mol. The van der Waals surface area contributed by atoms with Gasteiger partial charge in [0.1, 0.15) is 4.75 Å². The van der Waals surface area contributed by atoms with E-state index in [4.69, 9.17) is 0 Å². The molecule has 26 heavy (non-hydrogen) atoms. The second kappa shape index (κ2) is 7.96. The van der Waals surface area contributed by atoms with Crippen molar-refractivity contribution in [2.75, 3.05) is 0 Å². The third kappa shape index (κ3) is 4.76. The van der Waals surface area contributed by atoms with Crippen molar-refractivity contribution < 1.29 is 13.0 Å². The maximum absolute atomic E-state index is 12.7. The first-order valence-electron chi connectivity index (χ1n) is 8.22. The van der Waals surface area contributed by atoms with Crippen molar-refractivity contribution in [2.45, 2.75) is 49.8 Å². The van der Waals surface area contributed by atoms with Gasteiger partial charge in [0.15, 0.2) is 0 Å². The lowest BCUT2D eigenvalue weighted by molar-refractivity contribution is 0.519. The molecule has 0 aliphatic heterocycles. The molecule has 0 amide bonds. The molecule has 2 aromatic rings. The summed E-state index contributed by atoms with van der Waals surface area (Å²) in [5.74, 6) is 0. The molecule has 0 radical (unpaired) electrons. The van der Waals surface area contributed by atoms with Crippen LogP contribution in [0.5, 0.6) is 0 Å². The first-order chi connectivity index (χ1) is 12.1. The van der Waals surface area contributed by atoms with Crippen LogP contribution in [0.3, 0.4) is 0 Å². The van der Waals surface area contributed by atoms with Gasteiger partial charge in [-0.15, -0.1) is 11.3 Å². The molecule has 2 atom stereocenters. The minimum absolute atomic E-state index is 0.171. The molecule has 0 bridgehead atoms. The predicted octanol–water partition coefficient (Wildman–Crippen LogP) is 3.10. The largest absolute Gasteiger partial charge is 0.598 e. The number of hydrogen-bond acceptors (Lipinski definition) is 5. The highest BCUT2D eigenvalue weighted by atomic mass is 32.2. The first kappa shape index (κ1) is 20.7. The molecule has 8 heteroatoms. The van der Waals surface area contributed by atoms with Gasteiger partial charge in [-0.05, 0) is 52.3 Å². The quantitative estimate of drug-likeness (QED) is 0.575. The molecule has 0 aliphatic carbocycles. The minimum atomic E-state index is -3.76. The summed E-state index contributed by atoms with van der Waals surface area (Å²) >= 11 is -1.32. The van der Waals surface area contributed by atoms with E-state index in [1.165, 1.54) is 6.20 Å². The van der Waals surface area contributed by atoms with Gasteiger partial charge in [0.05, 0.1) is 16.6 Å². The second-order valence-electron chi connectivity index (χ2n) is 7.01. The summed E-state index contributed by atoms with van der Waals surface area (Å²) in [6.45, 7) is 11.2. The maximum Gasteiger partial charge on any atom is 0.282 e. The molecule has 142 valence electrons. The summed E-state index contributed by atoms with van der Waals surface area (Å²) < 4.78 is 41.4. The zero-order valence-corrected chi connectivity index (χ0v) is 17.1. The van der Waals surface area contributed by atoms with Gasteiger partial charge in [-0.1, -0.05) is 23.8 Å². The Labute approximate surface area is 158 Å². The molecule has 0 fully saturated rings. The fourth-order valence-corrected chi connectivity index (χ4v) is 4.11. The van der Waals surface area contributed by atoms with Crippen molar-refractivity contribution in [3.63, 3.8) is 0 Å². The van der Waals surface area contributed by atoms with Crippen molar-refractivity contribution in [3.8, 4) is 0 Å². The molecule has 0 spiro atoms. The van der Waals surface area contributed by atoms with Gasteiger partial charge in [-0.25, -0.2) is 0 Å². The average Bonchev–Trinajstić information content (AvgIpc) is 3.04. The SMILES string of the molecule is C=CCC(N[S@@+]([O-])C(C)(C)C)c1ccn(S(=O)(=O)c2ccc(C)cc2)n1. The molecule has 0 saturated carbocycles. The van der Waals surface area contributed by atoms with Crippen LogP contribution in [0.25, 0.3) is 0 Å². The highest BCUT2D eigenvalue weighted by Crippen LogP contribution is 2.23. The van der Waals surface area contributed by atoms with Crippen molar-refractivity contribution >= 4 is 21.4 Å². The number of nitrogens with one attached hydrogen (secondary N) is 1. The molecule has 1 N–H and O–H groups in total. The van der Waals surface area contributed by atoms with E-state index in [0.29, 0.717) is 12.1 Å². The van der Waals surface area contributed by atoms with Crippen LogP contribution in [0.2, 0.25) is 0 Å². The van der Waals surface area contributed by atoms with Gasteiger partial charge in [-0.2, -0.15) is 17.6 Å². The smallest absolute Gasteiger partial charge is 0.282 e. The number of benzene rings is 1. The Morgan fingerprint density at radius 1 is 1.31 bits per heavy atom. The monoisotopic (exact) mass is 395 g/mol. The van der Waals surface area contributed by atoms with E-state index < -0.39 is 26.1 Å². The number of hydrogen-bond donors (Lipinski definition) is 1. The summed E-state index contributed by atoms with van der Waals surface area (Å²) in [5, 5.41) is 4.22. The fraction of sp³-hybridized carbons (Fsp3) is 0.389. The molecule has 0 saturated heterocycles. The van der Waals surface area contributed by atoms with Gasteiger partial charge >= 0.3 is 0 Å². The van der Waals surface area contributed by atoms with E-state index in [-0.39, 0.29) is 10.9 Å². The van der Waals surface area contributed by atoms with Crippen LogP contribution in [0, 0.1) is 6.92 Å². The summed E-state index contributed by atoms with van der Waals surface area (Å²) in [6, 6.07) is 7.83. The number of aryl methyl sites for hydroxylation is 1. The number of rotatable bonds is 7. The van der Waals surface area contributed by atoms with Crippen molar-refractivity contribution in [2.24, 2.45) is 0 Å². The van der Waals surface area contributed by atoms with Gasteiger partial charge in [0.25, 0.3) is 10.0 Å². The van der Waals surface area contributed by atoms with Crippen molar-refractivity contribution in [3.05, 3.63) is 60.4 Å². The molecular formula is C18H25N3O3S2. The van der Waals surface area contributed by atoms with E-state index in [1.807, 2.05) is 27.7 Å². The molecule has 2 rings (SSSR count). The van der Waals surface area contributed by atoms with Crippen molar-refractivity contribution in [1.29, 1.82) is 0 Å². The lowest BCUT2D eigenvalue weighted by Gasteiger charge is -2.26. The van der Waals surface area contributed by atoms with Gasteiger partial charge in [-0.3, -0.25) is 0 Å². The van der Waals surface area contributed by atoms with Crippen LogP contribution in [-0.4, -0.2) is 26.9 Å². The number of aromatic nitrogens is 2. The Morgan fingerprint density at radius 2 is 1.92 bits per heavy atom. The van der Waals surface area contributed by atoms with Gasteiger partial charge < -0.3 is 4.55 Å². The third-order valence-corrected chi connectivity index (χ3v) is 6.89. The lowest BCUT2D eigenvalue weighted by atomic mass is 10.1. The average molecular weight is 396 g/mol. The highest BCUT2D eigenvalue weighted by molar-refractivity contribution is 7.90. The number of nitrogens with zero attached hydrogens (tertiary/aromatic N) is 2. The summed E-state index contributed by atoms with van der Waals surface area (Å²) in [6.07, 6.45) is 3.57. The van der Waals surface area contributed by atoms with E-state index in [0.717, 1.165) is 9.65 Å². The van der Waals surface area contributed by atoms with E-state index in [2.05, 4.69) is 16.4 Å². The van der Waals surface area contributed by atoms with Gasteiger partial charge in [0, 0.05) is 17.6 Å². The predicted molar refractivity (Wildman–Crippen MR) is 105 cm³/mol. The Balaban J connectivity index is 2.30. The van der Waals surface area contributed by atoms with Crippen LogP contribution >= 0.6 is 0 Å². The molecule has 1 aromatic heterocycles. The second-order valence-corrected chi connectivity index (χ2v) is 10.8. The topological polar surface area (TPSA) is 87.0 Å². The van der Waals surface area contributed by atoms with Gasteiger partial charge in [0.2, 0.25) is 0 Å². The summed E-state index contributed by atoms with van der Waals surface area (Å²) in [7, 11) is -3.76. The highest BCUT2D eigenvalue weighted by Gasteiger charge is 2.30. The molecule has 1 aromatic carbocycles. The van der Waals surface area contributed by atoms with Crippen LogP contribution in [0.1, 0.15) is 44.5 Å². The van der Waals surface area contributed by atoms with E-state index in [1.54, 1.807) is 36.4 Å². The van der Waals surface area contributed by atoms with Crippen LogP contribution < -0.4 is 4.72 Å². The normalized spacial score (nSPS) is 14.8. The lowest BCUT2D eigenvalue weighted by Crippen LogP contribution is -2.41. The third-order valence-electron chi connectivity index (χ3n) is 3.72. The van der Waals surface area contributed by atoms with E-state index >= 15 is 0 Å². The summed E-state index contributed by atoms with van der Waals surface area (Å²) in [4.78, 5) is 0.171. The molecule has 1 unspecified atom stereocenters. The first-order valence-corrected chi connectivity index (χ1v) is 10.8. The van der Waals surface area contributed by atoms with Crippen LogP contribution in [0.15, 0.2) is 54.1 Å². The standard InChI is InChI=1S/C18H25N3O3S2/c1-6-7-17(20-25(22)18(3,4)5)16-12-13-21(19-16)26(23,24)15-10-8-14(2)9-11-15/h6,8-13,17,20H,1,7H2,2-5H3/t17?,25-/m0/s1. The Morgan fingerprint density at radius 3 is 2.46 bits per heavy atom. The fourth-order valence-electron chi connectivity index (χ4n) is 2.16. The van der Waals surface area contributed by atoms with E-state index in [9.17, 15) is 13.0 Å². The Bertz CT molecular complexity index is 853.